The van der Waals surface area contributed by atoms with Crippen molar-refractivity contribution in [1.82, 2.24) is 0 Å². The van der Waals surface area contributed by atoms with Gasteiger partial charge in [0, 0.05) is 16.4 Å². The van der Waals surface area contributed by atoms with Crippen molar-refractivity contribution in [2.45, 2.75) is 42.1 Å². The van der Waals surface area contributed by atoms with Gasteiger partial charge in [-0.2, -0.15) is 11.8 Å². The maximum Gasteiger partial charge on any atom is 0.0793 e. The number of hydrogen-bond donors (Lipinski definition) is 1. The molecule has 2 aromatic carbocycles. The molecule has 0 aromatic heterocycles. The molecule has 2 aromatic rings. The van der Waals surface area contributed by atoms with Crippen LogP contribution in [0, 0.1) is 17.3 Å². The van der Waals surface area contributed by atoms with E-state index in [1.165, 1.54) is 36.8 Å². The van der Waals surface area contributed by atoms with Crippen LogP contribution in [0.4, 0.5) is 0 Å². The molecule has 4 saturated carbocycles. The molecule has 4 fully saturated rings. The Morgan fingerprint density at radius 2 is 1.69 bits per heavy atom. The molecular weight excluding hydrogens is 354 g/mol. The lowest BCUT2D eigenvalue weighted by Gasteiger charge is -2.43. The van der Waals surface area contributed by atoms with Crippen LogP contribution in [0.15, 0.2) is 60.7 Å². The van der Waals surface area contributed by atoms with Gasteiger partial charge in [0.2, 0.25) is 0 Å². The highest BCUT2D eigenvalue weighted by molar-refractivity contribution is 7.99. The van der Waals surface area contributed by atoms with E-state index < -0.39 is 0 Å². The lowest BCUT2D eigenvalue weighted by atomic mass is 9.63. The minimum absolute atomic E-state index is 0.0996. The minimum Gasteiger partial charge on any atom is -0.393 e. The summed E-state index contributed by atoms with van der Waals surface area (Å²) in [4.78, 5) is 0.785. The molecule has 0 amide bonds. The zero-order valence-electron chi connectivity index (χ0n) is 14.9. The maximum absolute atomic E-state index is 6.39. The summed E-state index contributed by atoms with van der Waals surface area (Å²) in [6.07, 6.45) is 4.96. The van der Waals surface area contributed by atoms with E-state index in [2.05, 4.69) is 72.4 Å². The second kappa shape index (κ2) is 6.10. The third-order valence-corrected chi connectivity index (χ3v) is 9.28. The van der Waals surface area contributed by atoms with Crippen molar-refractivity contribution in [2.24, 2.45) is 23.0 Å². The van der Waals surface area contributed by atoms with E-state index in [9.17, 15) is 0 Å². The van der Waals surface area contributed by atoms with Crippen LogP contribution in [0.3, 0.4) is 0 Å². The van der Waals surface area contributed by atoms with Gasteiger partial charge in [0.25, 0.3) is 0 Å². The highest BCUT2D eigenvalue weighted by Gasteiger charge is 2.69. The van der Waals surface area contributed by atoms with Crippen molar-refractivity contribution in [2.75, 3.05) is 0 Å². The molecule has 0 aliphatic heterocycles. The van der Waals surface area contributed by atoms with E-state index in [1.807, 2.05) is 0 Å². The SMILES string of the molecule is NC(=S)C12CC3CC(c4ccccc4)(CC1C3SCc1ccccc1)C2. The third-order valence-electron chi connectivity index (χ3n) is 7.28. The minimum atomic E-state index is 0.0996. The van der Waals surface area contributed by atoms with Gasteiger partial charge in [0.15, 0.2) is 0 Å². The number of thioether (sulfide) groups is 1. The van der Waals surface area contributed by atoms with Crippen LogP contribution in [0.2, 0.25) is 0 Å². The molecule has 0 heterocycles. The van der Waals surface area contributed by atoms with E-state index in [-0.39, 0.29) is 5.41 Å². The smallest absolute Gasteiger partial charge is 0.0793 e. The van der Waals surface area contributed by atoms with Crippen molar-refractivity contribution in [3.8, 4) is 0 Å². The first-order valence-electron chi connectivity index (χ1n) is 9.64. The summed E-state index contributed by atoms with van der Waals surface area (Å²) in [7, 11) is 0. The molecule has 0 spiro atoms. The average Bonchev–Trinajstić information content (AvgIpc) is 3.05. The number of benzene rings is 2. The number of rotatable bonds is 5. The summed E-state index contributed by atoms with van der Waals surface area (Å²) in [5, 5.41) is 0.705. The topological polar surface area (TPSA) is 26.0 Å². The fourth-order valence-corrected chi connectivity index (χ4v) is 8.29. The third kappa shape index (κ3) is 2.40. The summed E-state index contributed by atoms with van der Waals surface area (Å²) in [5.74, 6) is 2.50. The van der Waals surface area contributed by atoms with Crippen LogP contribution < -0.4 is 5.73 Å². The molecule has 0 saturated heterocycles. The van der Waals surface area contributed by atoms with Crippen LogP contribution in [0.1, 0.15) is 36.8 Å². The first-order valence-corrected chi connectivity index (χ1v) is 11.1. The predicted molar refractivity (Wildman–Crippen MR) is 114 cm³/mol. The summed E-state index contributed by atoms with van der Waals surface area (Å²) in [6.45, 7) is 0. The van der Waals surface area contributed by atoms with Gasteiger partial charge in [0.1, 0.15) is 0 Å². The van der Waals surface area contributed by atoms with Crippen molar-refractivity contribution < 1.29 is 0 Å². The van der Waals surface area contributed by atoms with Crippen LogP contribution in [-0.2, 0) is 11.2 Å². The summed E-state index contributed by atoms with van der Waals surface area (Å²) >= 11 is 7.81. The molecule has 6 rings (SSSR count). The molecular formula is C23H25NS2. The molecule has 5 atom stereocenters. The molecule has 3 heteroatoms. The van der Waals surface area contributed by atoms with Gasteiger partial charge in [-0.15, -0.1) is 0 Å². The molecule has 0 radical (unpaired) electrons. The van der Waals surface area contributed by atoms with Gasteiger partial charge in [0.05, 0.1) is 4.99 Å². The lowest BCUT2D eigenvalue weighted by Crippen LogP contribution is -2.40. The van der Waals surface area contributed by atoms with E-state index in [0.29, 0.717) is 16.6 Å². The molecule has 1 nitrogen and oxygen atoms in total. The van der Waals surface area contributed by atoms with Gasteiger partial charge < -0.3 is 5.73 Å². The van der Waals surface area contributed by atoms with Gasteiger partial charge >= 0.3 is 0 Å². The van der Waals surface area contributed by atoms with E-state index in [1.54, 1.807) is 0 Å². The highest BCUT2D eigenvalue weighted by atomic mass is 32.2. The van der Waals surface area contributed by atoms with Gasteiger partial charge in [-0.1, -0.05) is 72.9 Å². The zero-order valence-corrected chi connectivity index (χ0v) is 16.6. The van der Waals surface area contributed by atoms with Gasteiger partial charge in [-0.3, -0.25) is 0 Å². The molecule has 5 unspecified atom stereocenters. The second-order valence-corrected chi connectivity index (χ2v) is 10.2. The Hall–Kier alpha value is -1.32. The number of hydrogen-bond acceptors (Lipinski definition) is 2. The lowest BCUT2D eigenvalue weighted by molar-refractivity contribution is 0.221. The Bertz CT molecular complexity index is 821. The van der Waals surface area contributed by atoms with Crippen LogP contribution in [-0.4, -0.2) is 10.2 Å². The fourth-order valence-electron chi connectivity index (χ4n) is 6.35. The van der Waals surface area contributed by atoms with Gasteiger partial charge in [-0.05, 0) is 54.1 Å². The molecule has 4 aliphatic rings. The molecule has 4 bridgehead atoms. The summed E-state index contributed by atoms with van der Waals surface area (Å²) < 4.78 is 0. The monoisotopic (exact) mass is 379 g/mol. The van der Waals surface area contributed by atoms with Crippen LogP contribution in [0.25, 0.3) is 0 Å². The Morgan fingerprint density at radius 1 is 1.00 bits per heavy atom. The fraction of sp³-hybridized carbons (Fsp3) is 0.435. The van der Waals surface area contributed by atoms with Crippen LogP contribution in [0.5, 0.6) is 0 Å². The van der Waals surface area contributed by atoms with E-state index in [0.717, 1.165) is 16.7 Å². The second-order valence-electron chi connectivity index (χ2n) is 8.58. The normalized spacial score (nSPS) is 37.2. The first-order chi connectivity index (χ1) is 12.6. The first kappa shape index (κ1) is 16.8. The predicted octanol–water partition coefficient (Wildman–Crippen LogP) is 5.33. The van der Waals surface area contributed by atoms with E-state index in [4.69, 9.17) is 18.0 Å². The number of thiocarbonyl (C=S) groups is 1. The Kier molecular flexibility index (Phi) is 3.95. The van der Waals surface area contributed by atoms with Crippen molar-refractivity contribution >= 4 is 29.0 Å². The summed E-state index contributed by atoms with van der Waals surface area (Å²) in [6, 6.07) is 22.0. The maximum atomic E-state index is 6.39. The highest BCUT2D eigenvalue weighted by Crippen LogP contribution is 2.72. The zero-order chi connectivity index (χ0) is 17.8. The Balaban J connectivity index is 1.44. The molecule has 4 aliphatic carbocycles. The molecule has 134 valence electrons. The Labute approximate surface area is 165 Å². The molecule has 2 N–H and O–H groups in total. The molecule has 26 heavy (non-hydrogen) atoms. The van der Waals surface area contributed by atoms with Crippen molar-refractivity contribution in [3.05, 3.63) is 71.8 Å². The average molecular weight is 380 g/mol. The largest absolute Gasteiger partial charge is 0.393 e. The summed E-state index contributed by atoms with van der Waals surface area (Å²) in [5.41, 5.74) is 9.73. The van der Waals surface area contributed by atoms with Crippen molar-refractivity contribution in [3.63, 3.8) is 0 Å². The van der Waals surface area contributed by atoms with Crippen molar-refractivity contribution in [1.29, 1.82) is 0 Å². The van der Waals surface area contributed by atoms with Gasteiger partial charge in [-0.25, -0.2) is 0 Å². The quantitative estimate of drug-likeness (QED) is 0.711. The number of nitrogens with two attached hydrogens (primary N) is 1. The Morgan fingerprint density at radius 3 is 2.38 bits per heavy atom. The van der Waals surface area contributed by atoms with E-state index >= 15 is 0 Å². The standard InChI is InChI=1S/C23H25NS2/c24-21(25)23-12-17-11-22(15-23,18-9-5-2-6-10-18)13-19(23)20(17)26-14-16-7-3-1-4-8-16/h1-10,17,19-20H,11-15H2,(H2,24,25). The van der Waals surface area contributed by atoms with Crippen LogP contribution >= 0.6 is 24.0 Å².